The fourth-order valence-electron chi connectivity index (χ4n) is 2.22. The largest absolute Gasteiger partial charge is 0.369 e. The van der Waals surface area contributed by atoms with Crippen LogP contribution in [-0.2, 0) is 11.3 Å². The Bertz CT molecular complexity index is 786. The summed E-state index contributed by atoms with van der Waals surface area (Å²) in [5.74, 6) is 0.717. The van der Waals surface area contributed by atoms with E-state index in [4.69, 9.17) is 0 Å². The number of anilines is 1. The molecule has 2 N–H and O–H groups in total. The van der Waals surface area contributed by atoms with E-state index in [-0.39, 0.29) is 5.91 Å². The highest BCUT2D eigenvalue weighted by Crippen LogP contribution is 2.17. The number of benzene rings is 1. The zero-order chi connectivity index (χ0) is 15.9. The third-order valence-electron chi connectivity index (χ3n) is 3.38. The van der Waals surface area contributed by atoms with Gasteiger partial charge in [-0.1, -0.05) is 18.2 Å². The monoisotopic (exact) mass is 307 g/mol. The van der Waals surface area contributed by atoms with E-state index in [0.29, 0.717) is 19.5 Å². The predicted molar refractivity (Wildman–Crippen MR) is 88.7 cm³/mol. The van der Waals surface area contributed by atoms with Gasteiger partial charge in [0.05, 0.1) is 17.8 Å². The molecule has 0 bridgehead atoms. The average molecular weight is 307 g/mol. The molecular formula is C17H17N5O. The molecule has 2 aromatic heterocycles. The lowest BCUT2D eigenvalue weighted by Crippen LogP contribution is -2.25. The molecule has 2 heterocycles. The molecule has 0 radical (unpaired) electrons. The fourth-order valence-corrected chi connectivity index (χ4v) is 2.22. The molecule has 0 atom stereocenters. The second kappa shape index (κ2) is 7.31. The number of rotatable bonds is 6. The number of fused-ring (bicyclic) bond motifs is 1. The quantitative estimate of drug-likeness (QED) is 0.729. The van der Waals surface area contributed by atoms with Gasteiger partial charge in [-0.15, -0.1) is 0 Å². The molecule has 0 spiro atoms. The molecule has 0 unspecified atom stereocenters. The normalized spacial score (nSPS) is 10.4. The van der Waals surface area contributed by atoms with Gasteiger partial charge in [-0.3, -0.25) is 9.78 Å². The van der Waals surface area contributed by atoms with Crippen molar-refractivity contribution in [2.75, 3.05) is 11.9 Å². The smallest absolute Gasteiger partial charge is 0.222 e. The maximum absolute atomic E-state index is 11.9. The van der Waals surface area contributed by atoms with Crippen LogP contribution in [0.25, 0.3) is 10.9 Å². The van der Waals surface area contributed by atoms with Crippen LogP contribution >= 0.6 is 0 Å². The molecule has 0 aliphatic heterocycles. The molecule has 116 valence electrons. The van der Waals surface area contributed by atoms with E-state index in [0.717, 1.165) is 22.4 Å². The number of carbonyl (C=O) groups is 1. The number of aromatic nitrogens is 3. The number of pyridine rings is 1. The number of nitrogens with zero attached hydrogens (tertiary/aromatic N) is 3. The van der Waals surface area contributed by atoms with E-state index in [1.807, 2.05) is 42.5 Å². The van der Waals surface area contributed by atoms with E-state index in [2.05, 4.69) is 25.6 Å². The lowest BCUT2D eigenvalue weighted by Gasteiger charge is -2.08. The van der Waals surface area contributed by atoms with Crippen molar-refractivity contribution >= 4 is 22.6 Å². The van der Waals surface area contributed by atoms with E-state index < -0.39 is 0 Å². The molecular weight excluding hydrogens is 290 g/mol. The molecule has 0 aliphatic rings. The third kappa shape index (κ3) is 4.00. The van der Waals surface area contributed by atoms with Crippen molar-refractivity contribution in [3.8, 4) is 0 Å². The number of amides is 1. The Labute approximate surface area is 134 Å². The Kier molecular flexibility index (Phi) is 4.73. The molecule has 0 fully saturated rings. The SMILES string of the molecule is O=C(CCNc1ncnc2ccccc12)NCc1ccccn1. The van der Waals surface area contributed by atoms with Gasteiger partial charge in [-0.05, 0) is 24.3 Å². The first-order valence-corrected chi connectivity index (χ1v) is 7.43. The molecule has 0 saturated heterocycles. The van der Waals surface area contributed by atoms with Gasteiger partial charge >= 0.3 is 0 Å². The molecule has 23 heavy (non-hydrogen) atoms. The van der Waals surface area contributed by atoms with Crippen molar-refractivity contribution in [2.24, 2.45) is 0 Å². The summed E-state index contributed by atoms with van der Waals surface area (Å²) >= 11 is 0. The highest BCUT2D eigenvalue weighted by Gasteiger charge is 2.05. The Hall–Kier alpha value is -3.02. The summed E-state index contributed by atoms with van der Waals surface area (Å²) in [5.41, 5.74) is 1.72. The van der Waals surface area contributed by atoms with Crippen LogP contribution in [0.4, 0.5) is 5.82 Å². The van der Waals surface area contributed by atoms with Gasteiger partial charge in [0.2, 0.25) is 5.91 Å². The molecule has 1 aromatic carbocycles. The number of carbonyl (C=O) groups excluding carboxylic acids is 1. The van der Waals surface area contributed by atoms with E-state index in [1.54, 1.807) is 6.20 Å². The first-order chi connectivity index (χ1) is 11.3. The second-order valence-corrected chi connectivity index (χ2v) is 5.01. The Morgan fingerprint density at radius 2 is 1.87 bits per heavy atom. The first-order valence-electron chi connectivity index (χ1n) is 7.43. The lowest BCUT2D eigenvalue weighted by atomic mass is 10.2. The van der Waals surface area contributed by atoms with Gasteiger partial charge < -0.3 is 10.6 Å². The summed E-state index contributed by atoms with van der Waals surface area (Å²) in [6.07, 6.45) is 3.60. The second-order valence-electron chi connectivity index (χ2n) is 5.01. The Morgan fingerprint density at radius 1 is 1.00 bits per heavy atom. The number of hydrogen-bond donors (Lipinski definition) is 2. The van der Waals surface area contributed by atoms with Gasteiger partial charge in [-0.2, -0.15) is 0 Å². The molecule has 1 amide bonds. The standard InChI is InChI=1S/C17H17N5O/c23-16(20-11-13-5-3-4-9-18-13)8-10-19-17-14-6-1-2-7-15(14)21-12-22-17/h1-7,9,12H,8,10-11H2,(H,20,23)(H,19,21,22). The molecule has 6 nitrogen and oxygen atoms in total. The zero-order valence-corrected chi connectivity index (χ0v) is 12.6. The van der Waals surface area contributed by atoms with E-state index in [9.17, 15) is 4.79 Å². The zero-order valence-electron chi connectivity index (χ0n) is 12.6. The summed E-state index contributed by atoms with van der Waals surface area (Å²) in [6.45, 7) is 0.950. The molecule has 3 rings (SSSR count). The fraction of sp³-hybridized carbons (Fsp3) is 0.176. The van der Waals surface area contributed by atoms with Crippen LogP contribution < -0.4 is 10.6 Å². The van der Waals surface area contributed by atoms with Crippen LogP contribution in [0.5, 0.6) is 0 Å². The maximum Gasteiger partial charge on any atom is 0.222 e. The van der Waals surface area contributed by atoms with Gasteiger partial charge in [0, 0.05) is 24.5 Å². The van der Waals surface area contributed by atoms with Crippen LogP contribution in [0.1, 0.15) is 12.1 Å². The molecule has 6 heteroatoms. The minimum absolute atomic E-state index is 0.0264. The van der Waals surface area contributed by atoms with Crippen molar-refractivity contribution in [3.63, 3.8) is 0 Å². The van der Waals surface area contributed by atoms with E-state index >= 15 is 0 Å². The highest BCUT2D eigenvalue weighted by atomic mass is 16.1. The van der Waals surface area contributed by atoms with Gasteiger partial charge in [0.25, 0.3) is 0 Å². The lowest BCUT2D eigenvalue weighted by molar-refractivity contribution is -0.121. The van der Waals surface area contributed by atoms with Crippen molar-refractivity contribution < 1.29 is 4.79 Å². The van der Waals surface area contributed by atoms with Gasteiger partial charge in [-0.25, -0.2) is 9.97 Å². The van der Waals surface area contributed by atoms with Gasteiger partial charge in [0.1, 0.15) is 12.1 Å². The van der Waals surface area contributed by atoms with Gasteiger partial charge in [0.15, 0.2) is 0 Å². The van der Waals surface area contributed by atoms with Crippen LogP contribution in [0, 0.1) is 0 Å². The predicted octanol–water partition coefficient (Wildman–Crippen LogP) is 2.14. The topological polar surface area (TPSA) is 79.8 Å². The van der Waals surface area contributed by atoms with Crippen molar-refractivity contribution in [2.45, 2.75) is 13.0 Å². The van der Waals surface area contributed by atoms with Crippen LogP contribution in [0.2, 0.25) is 0 Å². The highest BCUT2D eigenvalue weighted by molar-refractivity contribution is 5.88. The minimum atomic E-state index is -0.0264. The minimum Gasteiger partial charge on any atom is -0.369 e. The molecule has 0 saturated carbocycles. The summed E-state index contributed by atoms with van der Waals surface area (Å²) in [7, 11) is 0. The van der Waals surface area contributed by atoms with Crippen LogP contribution in [-0.4, -0.2) is 27.4 Å². The first kappa shape index (κ1) is 14.9. The van der Waals surface area contributed by atoms with Crippen molar-refractivity contribution in [1.82, 2.24) is 20.3 Å². The van der Waals surface area contributed by atoms with E-state index in [1.165, 1.54) is 6.33 Å². The van der Waals surface area contributed by atoms with Crippen molar-refractivity contribution in [1.29, 1.82) is 0 Å². The Balaban J connectivity index is 1.50. The summed E-state index contributed by atoms with van der Waals surface area (Å²) in [5, 5.41) is 6.99. The average Bonchev–Trinajstić information content (AvgIpc) is 2.61. The summed E-state index contributed by atoms with van der Waals surface area (Å²) < 4.78 is 0. The number of para-hydroxylation sites is 1. The molecule has 3 aromatic rings. The van der Waals surface area contributed by atoms with Crippen LogP contribution in [0.15, 0.2) is 55.0 Å². The maximum atomic E-state index is 11.9. The van der Waals surface area contributed by atoms with Crippen molar-refractivity contribution in [3.05, 3.63) is 60.7 Å². The summed E-state index contributed by atoms with van der Waals surface area (Å²) in [4.78, 5) is 24.5. The summed E-state index contributed by atoms with van der Waals surface area (Å²) in [6, 6.07) is 13.4. The molecule has 0 aliphatic carbocycles. The third-order valence-corrected chi connectivity index (χ3v) is 3.38. The van der Waals surface area contributed by atoms with Crippen LogP contribution in [0.3, 0.4) is 0 Å². The number of hydrogen-bond acceptors (Lipinski definition) is 5. The Morgan fingerprint density at radius 3 is 2.74 bits per heavy atom. The number of nitrogens with one attached hydrogen (secondary N) is 2.